The molecule has 6 nitrogen and oxygen atoms in total. The molecule has 0 saturated carbocycles. The van der Waals surface area contributed by atoms with Crippen LogP contribution in [-0.4, -0.2) is 56.2 Å². The molecule has 0 aliphatic heterocycles. The maximum Gasteiger partial charge on any atom is 0.325 e. The summed E-state index contributed by atoms with van der Waals surface area (Å²) in [6, 6.07) is -0.633. The second-order valence-corrected chi connectivity index (χ2v) is 3.35. The van der Waals surface area contributed by atoms with E-state index in [1.807, 2.05) is 0 Å². The van der Waals surface area contributed by atoms with Crippen LogP contribution in [0.5, 0.6) is 0 Å². The van der Waals surface area contributed by atoms with Crippen LogP contribution >= 0.6 is 0 Å². The summed E-state index contributed by atoms with van der Waals surface area (Å²) in [6.45, 7) is 4.19. The van der Waals surface area contributed by atoms with E-state index in [9.17, 15) is 9.59 Å². The van der Waals surface area contributed by atoms with E-state index < -0.39 is 12.0 Å². The summed E-state index contributed by atoms with van der Waals surface area (Å²) >= 11 is 0. The van der Waals surface area contributed by atoms with E-state index in [1.54, 1.807) is 13.8 Å². The number of hydrogen-bond donors (Lipinski definition) is 1. The minimum atomic E-state index is -0.633. The number of hydrogen-bond acceptors (Lipinski definition) is 5. The molecule has 0 rings (SSSR count). The van der Waals surface area contributed by atoms with Gasteiger partial charge in [0.2, 0.25) is 5.91 Å². The summed E-state index contributed by atoms with van der Waals surface area (Å²) in [4.78, 5) is 24.2. The van der Waals surface area contributed by atoms with E-state index >= 15 is 0 Å². The summed E-state index contributed by atoms with van der Waals surface area (Å²) in [7, 11) is 1.53. The third-order valence-electron chi connectivity index (χ3n) is 1.89. The number of methoxy groups -OCH3 is 1. The SMILES string of the molecule is CCOC(=O)CN(CCOC)C(=O)[C@@H](C)N. The molecule has 0 radical (unpaired) electrons. The average Bonchev–Trinajstić information content (AvgIpc) is 2.23. The van der Waals surface area contributed by atoms with Crippen molar-refractivity contribution in [1.29, 1.82) is 0 Å². The summed E-state index contributed by atoms with van der Waals surface area (Å²) in [5, 5.41) is 0. The molecular formula is C10H20N2O4. The molecule has 0 aromatic carbocycles. The molecule has 94 valence electrons. The molecule has 0 aliphatic rings. The van der Waals surface area contributed by atoms with E-state index in [4.69, 9.17) is 15.2 Å². The third kappa shape index (κ3) is 5.67. The maximum atomic E-state index is 11.6. The average molecular weight is 232 g/mol. The first kappa shape index (κ1) is 14.9. The first-order valence-electron chi connectivity index (χ1n) is 5.21. The van der Waals surface area contributed by atoms with Gasteiger partial charge in [-0.05, 0) is 13.8 Å². The molecule has 1 atom stereocenters. The van der Waals surface area contributed by atoms with Gasteiger partial charge in [-0.15, -0.1) is 0 Å². The molecule has 2 N–H and O–H groups in total. The number of nitrogens with two attached hydrogens (primary N) is 1. The van der Waals surface area contributed by atoms with E-state index in [2.05, 4.69) is 0 Å². The molecule has 0 fully saturated rings. The van der Waals surface area contributed by atoms with E-state index in [1.165, 1.54) is 12.0 Å². The topological polar surface area (TPSA) is 81.9 Å². The number of carbonyl (C=O) groups excluding carboxylic acids is 2. The van der Waals surface area contributed by atoms with Crippen LogP contribution in [0.2, 0.25) is 0 Å². The van der Waals surface area contributed by atoms with Gasteiger partial charge in [-0.3, -0.25) is 9.59 Å². The Kier molecular flexibility index (Phi) is 7.49. The maximum absolute atomic E-state index is 11.6. The van der Waals surface area contributed by atoms with Crippen molar-refractivity contribution in [3.8, 4) is 0 Å². The highest BCUT2D eigenvalue weighted by Crippen LogP contribution is 1.95. The number of ether oxygens (including phenoxy) is 2. The standard InChI is InChI=1S/C10H20N2O4/c1-4-16-9(13)7-12(5-6-15-3)10(14)8(2)11/h8H,4-7,11H2,1-3H3/t8-/m1/s1. The summed E-state index contributed by atoms with van der Waals surface area (Å²) < 4.78 is 9.62. The van der Waals surface area contributed by atoms with Crippen molar-refractivity contribution >= 4 is 11.9 Å². The Labute approximate surface area is 95.7 Å². The number of amides is 1. The zero-order chi connectivity index (χ0) is 12.6. The summed E-state index contributed by atoms with van der Waals surface area (Å²) in [5.74, 6) is -0.724. The van der Waals surface area contributed by atoms with Crippen LogP contribution in [0.15, 0.2) is 0 Å². The monoisotopic (exact) mass is 232 g/mol. The molecular weight excluding hydrogens is 212 g/mol. The van der Waals surface area contributed by atoms with Crippen LogP contribution in [0.3, 0.4) is 0 Å². The van der Waals surface area contributed by atoms with Gasteiger partial charge in [0.15, 0.2) is 0 Å². The van der Waals surface area contributed by atoms with Crippen LogP contribution in [0.4, 0.5) is 0 Å². The van der Waals surface area contributed by atoms with Crippen LogP contribution in [0, 0.1) is 0 Å². The fourth-order valence-electron chi connectivity index (χ4n) is 1.12. The minimum absolute atomic E-state index is 0.0857. The zero-order valence-corrected chi connectivity index (χ0v) is 10.1. The highest BCUT2D eigenvalue weighted by molar-refractivity contribution is 5.85. The Balaban J connectivity index is 4.30. The normalized spacial score (nSPS) is 12.0. The Morgan fingerprint density at radius 2 is 2.06 bits per heavy atom. The van der Waals surface area contributed by atoms with E-state index in [0.717, 1.165) is 0 Å². The highest BCUT2D eigenvalue weighted by atomic mass is 16.5. The molecule has 0 aliphatic carbocycles. The lowest BCUT2D eigenvalue weighted by atomic mass is 10.3. The quantitative estimate of drug-likeness (QED) is 0.591. The third-order valence-corrected chi connectivity index (χ3v) is 1.89. The molecule has 0 aromatic rings. The van der Waals surface area contributed by atoms with Crippen molar-refractivity contribution in [2.45, 2.75) is 19.9 Å². The number of rotatable bonds is 7. The van der Waals surface area contributed by atoms with Crippen molar-refractivity contribution in [3.05, 3.63) is 0 Å². The Hall–Kier alpha value is -1.14. The second-order valence-electron chi connectivity index (χ2n) is 3.35. The first-order chi connectivity index (χ1) is 7.52. The molecule has 0 aromatic heterocycles. The molecule has 1 amide bonds. The summed E-state index contributed by atoms with van der Waals surface area (Å²) in [6.07, 6.45) is 0. The van der Waals surface area contributed by atoms with Crippen LogP contribution in [0.1, 0.15) is 13.8 Å². The van der Waals surface area contributed by atoms with Gasteiger partial charge in [-0.25, -0.2) is 0 Å². The lowest BCUT2D eigenvalue weighted by Gasteiger charge is -2.22. The first-order valence-corrected chi connectivity index (χ1v) is 5.21. The number of esters is 1. The van der Waals surface area contributed by atoms with Crippen molar-refractivity contribution in [3.63, 3.8) is 0 Å². The van der Waals surface area contributed by atoms with Crippen molar-refractivity contribution < 1.29 is 19.1 Å². The molecule has 0 saturated heterocycles. The predicted octanol–water partition coefficient (Wildman–Crippen LogP) is -0.628. The molecule has 16 heavy (non-hydrogen) atoms. The van der Waals surface area contributed by atoms with Gasteiger partial charge in [-0.2, -0.15) is 0 Å². The lowest BCUT2D eigenvalue weighted by Crippen LogP contribution is -2.46. The zero-order valence-electron chi connectivity index (χ0n) is 10.1. The smallest absolute Gasteiger partial charge is 0.325 e. The van der Waals surface area contributed by atoms with Crippen molar-refractivity contribution in [2.75, 3.05) is 33.4 Å². The Bertz CT molecular complexity index is 231. The highest BCUT2D eigenvalue weighted by Gasteiger charge is 2.20. The molecule has 0 heterocycles. The molecule has 0 spiro atoms. The predicted molar refractivity (Wildman–Crippen MR) is 58.7 cm³/mol. The van der Waals surface area contributed by atoms with Gasteiger partial charge in [0, 0.05) is 13.7 Å². The van der Waals surface area contributed by atoms with Crippen molar-refractivity contribution in [2.24, 2.45) is 5.73 Å². The van der Waals surface area contributed by atoms with Gasteiger partial charge in [0.25, 0.3) is 0 Å². The van der Waals surface area contributed by atoms with Crippen LogP contribution in [-0.2, 0) is 19.1 Å². The van der Waals surface area contributed by atoms with Crippen molar-refractivity contribution in [1.82, 2.24) is 4.90 Å². The Morgan fingerprint density at radius 3 is 2.50 bits per heavy atom. The minimum Gasteiger partial charge on any atom is -0.465 e. The molecule has 0 unspecified atom stereocenters. The van der Waals surface area contributed by atoms with Gasteiger partial charge in [0.05, 0.1) is 19.3 Å². The van der Waals surface area contributed by atoms with E-state index in [0.29, 0.717) is 19.8 Å². The second kappa shape index (κ2) is 8.06. The van der Waals surface area contributed by atoms with Gasteiger partial charge in [-0.1, -0.05) is 0 Å². The lowest BCUT2D eigenvalue weighted by molar-refractivity contribution is -0.149. The van der Waals surface area contributed by atoms with Gasteiger partial charge < -0.3 is 20.1 Å². The number of nitrogens with zero attached hydrogens (tertiary/aromatic N) is 1. The van der Waals surface area contributed by atoms with Gasteiger partial charge in [0.1, 0.15) is 6.54 Å². The van der Waals surface area contributed by atoms with E-state index in [-0.39, 0.29) is 12.5 Å². The fraction of sp³-hybridized carbons (Fsp3) is 0.800. The number of carbonyl (C=O) groups is 2. The fourth-order valence-corrected chi connectivity index (χ4v) is 1.12. The Morgan fingerprint density at radius 1 is 1.44 bits per heavy atom. The molecule has 0 bridgehead atoms. The molecule has 6 heteroatoms. The summed E-state index contributed by atoms with van der Waals surface area (Å²) in [5.41, 5.74) is 5.47. The van der Waals surface area contributed by atoms with Crippen LogP contribution in [0.25, 0.3) is 0 Å². The van der Waals surface area contributed by atoms with Gasteiger partial charge >= 0.3 is 5.97 Å². The largest absolute Gasteiger partial charge is 0.465 e. The van der Waals surface area contributed by atoms with Crippen LogP contribution < -0.4 is 5.73 Å².